The van der Waals surface area contributed by atoms with Gasteiger partial charge in [-0.15, -0.1) is 9.78 Å². The predicted molar refractivity (Wildman–Crippen MR) is 68.5 cm³/mol. The molecule has 2 aromatic heterocycles. The van der Waals surface area contributed by atoms with Crippen molar-refractivity contribution in [2.75, 3.05) is 0 Å². The highest BCUT2D eigenvalue weighted by atomic mass is 35.5. The van der Waals surface area contributed by atoms with E-state index in [1.54, 1.807) is 0 Å². The lowest BCUT2D eigenvalue weighted by molar-refractivity contribution is 0.451. The molecule has 0 saturated carbocycles. The molecule has 0 aliphatic heterocycles. The highest BCUT2D eigenvalue weighted by molar-refractivity contribution is 6.35. The molecule has 0 spiro atoms. The molecule has 0 saturated heterocycles. The van der Waals surface area contributed by atoms with Crippen molar-refractivity contribution in [3.05, 3.63) is 38.5 Å². The molecule has 2 heterocycles. The largest absolute Gasteiger partial charge is 0.443 e. The van der Waals surface area contributed by atoms with E-state index in [9.17, 15) is 9.18 Å². The smallest absolute Gasteiger partial charge is 0.392 e. The highest BCUT2D eigenvalue weighted by Crippen LogP contribution is 2.23. The van der Waals surface area contributed by atoms with E-state index in [0.717, 1.165) is 23.6 Å². The van der Waals surface area contributed by atoms with Gasteiger partial charge in [-0.1, -0.05) is 36.5 Å². The van der Waals surface area contributed by atoms with Crippen LogP contribution >= 0.6 is 23.2 Å². The molecule has 0 fully saturated rings. The van der Waals surface area contributed by atoms with E-state index in [2.05, 4.69) is 10.1 Å². The lowest BCUT2D eigenvalue weighted by atomic mass is 10.2. The van der Waals surface area contributed by atoms with Gasteiger partial charge in [-0.25, -0.2) is 4.79 Å². The van der Waals surface area contributed by atoms with Gasteiger partial charge in [0.2, 0.25) is 11.8 Å². The third-order valence-corrected chi connectivity index (χ3v) is 2.95. The Balaban J connectivity index is 2.44. The molecule has 2 aromatic rings. The van der Waals surface area contributed by atoms with Gasteiger partial charge in [0, 0.05) is 6.42 Å². The number of halogens is 3. The number of aromatic nitrogens is 3. The molecule has 8 heteroatoms. The molecular weight excluding hydrogens is 296 g/mol. The number of unbranched alkanes of at least 4 members (excludes halogenated alkanes) is 1. The summed E-state index contributed by atoms with van der Waals surface area (Å²) in [6, 6.07) is 1.16. The van der Waals surface area contributed by atoms with Gasteiger partial charge in [-0.2, -0.15) is 9.37 Å². The Morgan fingerprint density at radius 1 is 1.42 bits per heavy atom. The Morgan fingerprint density at radius 3 is 2.84 bits per heavy atom. The third kappa shape index (κ3) is 2.96. The van der Waals surface area contributed by atoms with Gasteiger partial charge in [0.1, 0.15) is 0 Å². The normalized spacial score (nSPS) is 10.9. The van der Waals surface area contributed by atoms with E-state index in [1.807, 2.05) is 6.92 Å². The zero-order valence-corrected chi connectivity index (χ0v) is 11.5. The van der Waals surface area contributed by atoms with Crippen LogP contribution in [-0.2, 0) is 6.42 Å². The molecule has 0 unspecified atom stereocenters. The summed E-state index contributed by atoms with van der Waals surface area (Å²) in [4.78, 5) is 15.1. The minimum Gasteiger partial charge on any atom is -0.392 e. The first-order valence-corrected chi connectivity index (χ1v) is 6.39. The van der Waals surface area contributed by atoms with Gasteiger partial charge in [-0.05, 0) is 12.5 Å². The van der Waals surface area contributed by atoms with Crippen molar-refractivity contribution >= 4 is 23.2 Å². The number of nitrogens with zero attached hydrogens (tertiary/aromatic N) is 3. The lowest BCUT2D eigenvalue weighted by Gasteiger charge is -2.01. The Hall–Kier alpha value is -1.40. The molecule has 5 nitrogen and oxygen atoms in total. The van der Waals surface area contributed by atoms with Crippen LogP contribution < -0.4 is 5.76 Å². The summed E-state index contributed by atoms with van der Waals surface area (Å²) in [6.07, 6.45) is 2.29. The van der Waals surface area contributed by atoms with Crippen LogP contribution in [-0.4, -0.2) is 14.8 Å². The van der Waals surface area contributed by atoms with Gasteiger partial charge in [0.05, 0.1) is 10.0 Å². The average Bonchev–Trinajstić information content (AvgIpc) is 2.72. The summed E-state index contributed by atoms with van der Waals surface area (Å²) in [5.41, 5.74) is 0. The van der Waals surface area contributed by atoms with Crippen molar-refractivity contribution in [3.63, 3.8) is 0 Å². The summed E-state index contributed by atoms with van der Waals surface area (Å²) < 4.78 is 19.1. The number of hydrogen-bond acceptors (Lipinski definition) is 4. The molecule has 0 aromatic carbocycles. The first-order chi connectivity index (χ1) is 9.02. The third-order valence-electron chi connectivity index (χ3n) is 2.40. The van der Waals surface area contributed by atoms with E-state index in [1.165, 1.54) is 0 Å². The molecule has 0 N–H and O–H groups in total. The summed E-state index contributed by atoms with van der Waals surface area (Å²) >= 11 is 11.4. The highest BCUT2D eigenvalue weighted by Gasteiger charge is 2.16. The number of pyridine rings is 1. The van der Waals surface area contributed by atoms with E-state index < -0.39 is 11.7 Å². The summed E-state index contributed by atoms with van der Waals surface area (Å²) in [5.74, 6) is -1.56. The van der Waals surface area contributed by atoms with Crippen molar-refractivity contribution < 1.29 is 8.81 Å². The molecule has 0 aliphatic rings. The van der Waals surface area contributed by atoms with Crippen LogP contribution in [0.2, 0.25) is 10.0 Å². The maximum absolute atomic E-state index is 13.3. The average molecular weight is 306 g/mol. The molecule has 0 amide bonds. The van der Waals surface area contributed by atoms with Crippen molar-refractivity contribution in [2.45, 2.75) is 26.2 Å². The van der Waals surface area contributed by atoms with Gasteiger partial charge in [0.25, 0.3) is 0 Å². The Morgan fingerprint density at radius 2 is 2.16 bits per heavy atom. The van der Waals surface area contributed by atoms with Gasteiger partial charge in [0.15, 0.2) is 5.82 Å². The summed E-state index contributed by atoms with van der Waals surface area (Å²) in [5, 5.41) is 3.72. The van der Waals surface area contributed by atoms with E-state index >= 15 is 0 Å². The van der Waals surface area contributed by atoms with Crippen LogP contribution in [0, 0.1) is 5.95 Å². The zero-order valence-electron chi connectivity index (χ0n) is 9.99. The Labute approximate surface area is 118 Å². The molecule has 19 heavy (non-hydrogen) atoms. The zero-order chi connectivity index (χ0) is 14.0. The minimum absolute atomic E-state index is 0.0174. The molecule has 0 bridgehead atoms. The SMILES string of the molecule is CCCCc1nn(-c2nc(F)c(Cl)cc2Cl)c(=O)o1. The van der Waals surface area contributed by atoms with Crippen LogP contribution in [0.4, 0.5) is 4.39 Å². The number of hydrogen-bond donors (Lipinski definition) is 0. The fourth-order valence-electron chi connectivity index (χ4n) is 1.46. The number of aryl methyl sites for hydroxylation is 1. The fraction of sp³-hybridized carbons (Fsp3) is 0.364. The maximum atomic E-state index is 13.3. The second-order valence-corrected chi connectivity index (χ2v) is 4.66. The van der Waals surface area contributed by atoms with Crippen molar-refractivity contribution in [1.29, 1.82) is 0 Å². The van der Waals surface area contributed by atoms with Crippen molar-refractivity contribution in [1.82, 2.24) is 14.8 Å². The van der Waals surface area contributed by atoms with Crippen LogP contribution in [0.25, 0.3) is 5.82 Å². The molecule has 0 atom stereocenters. The molecule has 102 valence electrons. The molecular formula is C11H10Cl2FN3O2. The maximum Gasteiger partial charge on any atom is 0.443 e. The van der Waals surface area contributed by atoms with Crippen LogP contribution in [0.5, 0.6) is 0 Å². The first kappa shape index (κ1) is 14.0. The topological polar surface area (TPSA) is 60.9 Å². The molecule has 0 radical (unpaired) electrons. The van der Waals surface area contributed by atoms with E-state index in [0.29, 0.717) is 6.42 Å². The minimum atomic E-state index is -0.925. The first-order valence-electron chi connectivity index (χ1n) is 5.64. The molecule has 0 aliphatic carbocycles. The van der Waals surface area contributed by atoms with Gasteiger partial charge >= 0.3 is 5.76 Å². The fourth-order valence-corrected chi connectivity index (χ4v) is 1.90. The van der Waals surface area contributed by atoms with Crippen LogP contribution in [0.3, 0.4) is 0 Å². The van der Waals surface area contributed by atoms with Crippen LogP contribution in [0.1, 0.15) is 25.7 Å². The quantitative estimate of drug-likeness (QED) is 0.815. The lowest BCUT2D eigenvalue weighted by Crippen LogP contribution is -2.16. The van der Waals surface area contributed by atoms with Gasteiger partial charge in [-0.3, -0.25) is 0 Å². The monoisotopic (exact) mass is 305 g/mol. The summed E-state index contributed by atoms with van der Waals surface area (Å²) in [6.45, 7) is 2.00. The van der Waals surface area contributed by atoms with Crippen LogP contribution in [0.15, 0.2) is 15.3 Å². The molecule has 2 rings (SSSR count). The Kier molecular flexibility index (Phi) is 4.21. The van der Waals surface area contributed by atoms with Crippen molar-refractivity contribution in [3.8, 4) is 5.82 Å². The predicted octanol–water partition coefficient (Wildman–Crippen LogP) is 3.01. The summed E-state index contributed by atoms with van der Waals surface area (Å²) in [7, 11) is 0. The standard InChI is InChI=1S/C11H10Cl2FN3O2/c1-2-3-4-8-16-17(11(18)19-8)10-7(13)5-6(12)9(14)15-10/h5H,2-4H2,1H3. The second kappa shape index (κ2) is 5.71. The van der Waals surface area contributed by atoms with Crippen molar-refractivity contribution in [2.24, 2.45) is 0 Å². The Bertz CT molecular complexity index is 654. The second-order valence-electron chi connectivity index (χ2n) is 3.84. The van der Waals surface area contributed by atoms with E-state index in [-0.39, 0.29) is 21.8 Å². The van der Waals surface area contributed by atoms with Gasteiger partial charge < -0.3 is 4.42 Å². The van der Waals surface area contributed by atoms with E-state index in [4.69, 9.17) is 27.6 Å². The number of rotatable bonds is 4.